The molecule has 0 radical (unpaired) electrons. The first-order valence-electron chi connectivity index (χ1n) is 6.16. The van der Waals surface area contributed by atoms with Crippen molar-refractivity contribution >= 4 is 10.0 Å². The molecule has 0 N–H and O–H groups in total. The summed E-state index contributed by atoms with van der Waals surface area (Å²) >= 11 is 0. The minimum absolute atomic E-state index is 0.0226. The summed E-state index contributed by atoms with van der Waals surface area (Å²) in [5.41, 5.74) is 0.891. The zero-order chi connectivity index (χ0) is 14.0. The van der Waals surface area contributed by atoms with Gasteiger partial charge in [0.15, 0.2) is 0 Å². The summed E-state index contributed by atoms with van der Waals surface area (Å²) < 4.78 is 37.1. The van der Waals surface area contributed by atoms with Crippen LogP contribution in [0.4, 0.5) is 0 Å². The second kappa shape index (κ2) is 5.48. The lowest BCUT2D eigenvalue weighted by atomic mass is 10.2. The standard InChI is InChI=1S/C13H19NO4S/c1-10-4-5-12(18-3)13(8-10)19(15,16)14-7-6-11(9-14)17-2/h4-5,8,11H,6-7,9H2,1-3H3. The van der Waals surface area contributed by atoms with Crippen LogP contribution in [0.2, 0.25) is 0 Å². The van der Waals surface area contributed by atoms with Gasteiger partial charge in [0.2, 0.25) is 10.0 Å². The number of hydrogen-bond donors (Lipinski definition) is 0. The molecular formula is C13H19NO4S. The number of rotatable bonds is 4. The van der Waals surface area contributed by atoms with Gasteiger partial charge in [-0.15, -0.1) is 0 Å². The van der Waals surface area contributed by atoms with Crippen molar-refractivity contribution in [3.8, 4) is 5.75 Å². The van der Waals surface area contributed by atoms with Gasteiger partial charge in [0.25, 0.3) is 0 Å². The summed E-state index contributed by atoms with van der Waals surface area (Å²) in [5, 5.41) is 0. The number of methoxy groups -OCH3 is 2. The molecule has 0 aromatic heterocycles. The van der Waals surface area contributed by atoms with E-state index in [0.29, 0.717) is 18.8 Å². The summed E-state index contributed by atoms with van der Waals surface area (Å²) in [7, 11) is -0.436. The Hall–Kier alpha value is -1.11. The Labute approximate surface area is 114 Å². The molecule has 1 fully saturated rings. The molecule has 0 amide bonds. The van der Waals surface area contributed by atoms with Gasteiger partial charge in [-0.05, 0) is 31.0 Å². The third-order valence-electron chi connectivity index (χ3n) is 3.38. The molecule has 1 saturated heterocycles. The van der Waals surface area contributed by atoms with Crippen molar-refractivity contribution < 1.29 is 17.9 Å². The summed E-state index contributed by atoms with van der Waals surface area (Å²) in [6.07, 6.45) is 0.703. The van der Waals surface area contributed by atoms with E-state index in [0.717, 1.165) is 12.0 Å². The van der Waals surface area contributed by atoms with Crippen LogP contribution in [-0.4, -0.2) is 46.1 Å². The van der Waals surface area contributed by atoms with Crippen molar-refractivity contribution in [2.24, 2.45) is 0 Å². The van der Waals surface area contributed by atoms with Crippen LogP contribution in [-0.2, 0) is 14.8 Å². The zero-order valence-corrected chi connectivity index (χ0v) is 12.2. The van der Waals surface area contributed by atoms with E-state index in [2.05, 4.69) is 0 Å². The first-order chi connectivity index (χ1) is 8.98. The van der Waals surface area contributed by atoms with Gasteiger partial charge in [-0.1, -0.05) is 6.07 Å². The van der Waals surface area contributed by atoms with Crippen molar-refractivity contribution in [1.29, 1.82) is 0 Å². The molecule has 0 spiro atoms. The summed E-state index contributed by atoms with van der Waals surface area (Å²) in [5.74, 6) is 0.381. The molecule has 6 heteroatoms. The molecule has 1 unspecified atom stereocenters. The van der Waals surface area contributed by atoms with Crippen molar-refractivity contribution in [2.75, 3.05) is 27.3 Å². The molecule has 1 aliphatic rings. The second-order valence-corrected chi connectivity index (χ2v) is 6.57. The van der Waals surface area contributed by atoms with E-state index in [9.17, 15) is 8.42 Å². The van der Waals surface area contributed by atoms with E-state index in [4.69, 9.17) is 9.47 Å². The Morgan fingerprint density at radius 3 is 2.63 bits per heavy atom. The molecule has 1 heterocycles. The molecule has 0 aliphatic carbocycles. The molecular weight excluding hydrogens is 266 g/mol. The van der Waals surface area contributed by atoms with Gasteiger partial charge in [0.05, 0.1) is 13.2 Å². The highest BCUT2D eigenvalue weighted by Crippen LogP contribution is 2.30. The lowest BCUT2D eigenvalue weighted by Gasteiger charge is -2.18. The fraction of sp³-hybridized carbons (Fsp3) is 0.538. The van der Waals surface area contributed by atoms with Crippen LogP contribution in [0.5, 0.6) is 5.75 Å². The van der Waals surface area contributed by atoms with Gasteiger partial charge in [-0.2, -0.15) is 4.31 Å². The Balaban J connectivity index is 2.37. The molecule has 1 aromatic carbocycles. The fourth-order valence-electron chi connectivity index (χ4n) is 2.23. The van der Waals surface area contributed by atoms with Gasteiger partial charge in [0.1, 0.15) is 10.6 Å². The minimum Gasteiger partial charge on any atom is -0.495 e. The topological polar surface area (TPSA) is 55.8 Å². The molecule has 19 heavy (non-hydrogen) atoms. The smallest absolute Gasteiger partial charge is 0.246 e. The van der Waals surface area contributed by atoms with Crippen LogP contribution in [0.1, 0.15) is 12.0 Å². The quantitative estimate of drug-likeness (QED) is 0.839. The highest BCUT2D eigenvalue weighted by atomic mass is 32.2. The SMILES string of the molecule is COc1ccc(C)cc1S(=O)(=O)N1CCC(OC)C1. The zero-order valence-electron chi connectivity index (χ0n) is 11.4. The summed E-state index contributed by atoms with van der Waals surface area (Å²) in [4.78, 5) is 0.228. The molecule has 1 aromatic rings. The highest BCUT2D eigenvalue weighted by molar-refractivity contribution is 7.89. The first-order valence-corrected chi connectivity index (χ1v) is 7.60. The molecule has 1 atom stereocenters. The minimum atomic E-state index is -3.52. The predicted molar refractivity (Wildman–Crippen MR) is 71.9 cm³/mol. The molecule has 5 nitrogen and oxygen atoms in total. The third-order valence-corrected chi connectivity index (χ3v) is 5.26. The number of sulfonamides is 1. The van der Waals surface area contributed by atoms with Crippen molar-refractivity contribution in [3.05, 3.63) is 23.8 Å². The van der Waals surface area contributed by atoms with Gasteiger partial charge in [0, 0.05) is 20.2 Å². The third kappa shape index (κ3) is 2.75. The Bertz CT molecular complexity index is 556. The number of benzene rings is 1. The van der Waals surface area contributed by atoms with E-state index in [1.165, 1.54) is 11.4 Å². The van der Waals surface area contributed by atoms with Crippen LogP contribution in [0.3, 0.4) is 0 Å². The maximum atomic E-state index is 12.6. The van der Waals surface area contributed by atoms with Crippen LogP contribution in [0.25, 0.3) is 0 Å². The van der Waals surface area contributed by atoms with E-state index >= 15 is 0 Å². The number of aryl methyl sites for hydroxylation is 1. The summed E-state index contributed by atoms with van der Waals surface area (Å²) in [6.45, 7) is 2.74. The van der Waals surface area contributed by atoms with Crippen LogP contribution in [0, 0.1) is 6.92 Å². The largest absolute Gasteiger partial charge is 0.495 e. The summed E-state index contributed by atoms with van der Waals surface area (Å²) in [6, 6.07) is 5.17. The molecule has 1 aliphatic heterocycles. The highest BCUT2D eigenvalue weighted by Gasteiger charge is 2.34. The Morgan fingerprint density at radius 2 is 2.05 bits per heavy atom. The van der Waals surface area contributed by atoms with Crippen LogP contribution >= 0.6 is 0 Å². The maximum absolute atomic E-state index is 12.6. The van der Waals surface area contributed by atoms with Gasteiger partial charge in [-0.3, -0.25) is 0 Å². The molecule has 106 valence electrons. The lowest BCUT2D eigenvalue weighted by Crippen LogP contribution is -2.30. The average molecular weight is 285 g/mol. The van der Waals surface area contributed by atoms with E-state index in [-0.39, 0.29) is 11.0 Å². The number of ether oxygens (including phenoxy) is 2. The first kappa shape index (κ1) is 14.3. The Kier molecular flexibility index (Phi) is 4.13. The van der Waals surface area contributed by atoms with E-state index in [1.54, 1.807) is 19.2 Å². The van der Waals surface area contributed by atoms with Gasteiger partial charge in [-0.25, -0.2) is 8.42 Å². The number of nitrogens with zero attached hydrogens (tertiary/aromatic N) is 1. The van der Waals surface area contributed by atoms with Gasteiger partial charge < -0.3 is 9.47 Å². The molecule has 2 rings (SSSR count). The fourth-order valence-corrected chi connectivity index (χ4v) is 3.96. The predicted octanol–water partition coefficient (Wildman–Crippen LogP) is 1.41. The van der Waals surface area contributed by atoms with E-state index < -0.39 is 10.0 Å². The Morgan fingerprint density at radius 1 is 1.32 bits per heavy atom. The van der Waals surface area contributed by atoms with Crippen LogP contribution in [0.15, 0.2) is 23.1 Å². The van der Waals surface area contributed by atoms with E-state index in [1.807, 2.05) is 13.0 Å². The van der Waals surface area contributed by atoms with Gasteiger partial charge >= 0.3 is 0 Å². The van der Waals surface area contributed by atoms with Crippen molar-refractivity contribution in [1.82, 2.24) is 4.31 Å². The lowest BCUT2D eigenvalue weighted by molar-refractivity contribution is 0.115. The molecule has 0 saturated carbocycles. The average Bonchev–Trinajstić information content (AvgIpc) is 2.88. The monoisotopic (exact) mass is 285 g/mol. The normalized spacial score (nSPS) is 20.7. The van der Waals surface area contributed by atoms with Crippen LogP contribution < -0.4 is 4.74 Å². The molecule has 0 bridgehead atoms. The van der Waals surface area contributed by atoms with Crippen molar-refractivity contribution in [2.45, 2.75) is 24.3 Å². The maximum Gasteiger partial charge on any atom is 0.246 e. The second-order valence-electron chi connectivity index (χ2n) is 4.66. The van der Waals surface area contributed by atoms with Crippen molar-refractivity contribution in [3.63, 3.8) is 0 Å². The number of hydrogen-bond acceptors (Lipinski definition) is 4.